The van der Waals surface area contributed by atoms with Crippen molar-refractivity contribution in [1.82, 2.24) is 9.97 Å². The highest BCUT2D eigenvalue weighted by Crippen LogP contribution is 2.25. The topological polar surface area (TPSA) is 52.5 Å². The molecule has 3 rings (SSSR count). The summed E-state index contributed by atoms with van der Waals surface area (Å²) >= 11 is 2.05. The maximum atomic E-state index is 8.88. The minimum atomic E-state index is 0.687. The Morgan fingerprint density at radius 3 is 3.00 bits per heavy atom. The van der Waals surface area contributed by atoms with Gasteiger partial charge in [0.05, 0.1) is 22.7 Å². The zero-order valence-electron chi connectivity index (χ0n) is 10.1. The second kappa shape index (κ2) is 5.03. The summed E-state index contributed by atoms with van der Waals surface area (Å²) in [5.74, 6) is 4.40. The van der Waals surface area contributed by atoms with E-state index in [9.17, 15) is 0 Å². The lowest BCUT2D eigenvalue weighted by molar-refractivity contribution is 0.478. The predicted molar refractivity (Wildman–Crippen MR) is 74.6 cm³/mol. The van der Waals surface area contributed by atoms with Crippen molar-refractivity contribution in [3.05, 3.63) is 29.6 Å². The van der Waals surface area contributed by atoms with Gasteiger partial charge in [-0.3, -0.25) is 0 Å². The molecule has 0 unspecified atom stereocenters. The molecule has 1 aromatic heterocycles. The average Bonchev–Trinajstić information content (AvgIpc) is 2.80. The molecule has 1 aliphatic heterocycles. The van der Waals surface area contributed by atoms with Crippen LogP contribution in [-0.4, -0.2) is 21.5 Å². The molecule has 18 heavy (non-hydrogen) atoms. The van der Waals surface area contributed by atoms with E-state index in [0.717, 1.165) is 29.2 Å². The van der Waals surface area contributed by atoms with Gasteiger partial charge in [-0.25, -0.2) is 4.98 Å². The van der Waals surface area contributed by atoms with Gasteiger partial charge >= 0.3 is 0 Å². The maximum absolute atomic E-state index is 8.88. The van der Waals surface area contributed by atoms with Gasteiger partial charge in [-0.15, -0.1) is 0 Å². The second-order valence-electron chi connectivity index (χ2n) is 4.79. The molecule has 1 aliphatic rings. The molecular weight excluding hydrogens is 242 g/mol. The van der Waals surface area contributed by atoms with Gasteiger partial charge in [-0.2, -0.15) is 17.0 Å². The van der Waals surface area contributed by atoms with Gasteiger partial charge in [-0.1, -0.05) is 0 Å². The van der Waals surface area contributed by atoms with Crippen LogP contribution < -0.4 is 0 Å². The highest BCUT2D eigenvalue weighted by Gasteiger charge is 2.16. The zero-order valence-corrected chi connectivity index (χ0v) is 11.0. The van der Waals surface area contributed by atoms with Crippen LogP contribution in [0.2, 0.25) is 0 Å². The van der Waals surface area contributed by atoms with Crippen LogP contribution in [0.5, 0.6) is 0 Å². The smallest absolute Gasteiger partial charge is 0.107 e. The summed E-state index contributed by atoms with van der Waals surface area (Å²) in [7, 11) is 0. The first-order chi connectivity index (χ1) is 8.85. The third kappa shape index (κ3) is 2.37. The Kier molecular flexibility index (Phi) is 3.24. The Morgan fingerprint density at radius 1 is 1.39 bits per heavy atom. The summed E-state index contributed by atoms with van der Waals surface area (Å²) in [5, 5.41) is 8.88. The normalized spacial score (nSPS) is 16.8. The number of rotatable bonds is 2. The van der Waals surface area contributed by atoms with Crippen molar-refractivity contribution in [2.24, 2.45) is 5.92 Å². The van der Waals surface area contributed by atoms with Crippen LogP contribution in [0.4, 0.5) is 0 Å². The lowest BCUT2D eigenvalue weighted by Gasteiger charge is -2.19. The van der Waals surface area contributed by atoms with Crippen LogP contribution in [0, 0.1) is 17.2 Å². The van der Waals surface area contributed by atoms with Crippen LogP contribution in [0.3, 0.4) is 0 Å². The molecule has 0 bridgehead atoms. The number of nitriles is 1. The Hall–Kier alpha value is -1.47. The fraction of sp³-hybridized carbons (Fsp3) is 0.429. The fourth-order valence-corrected chi connectivity index (χ4v) is 3.66. The summed E-state index contributed by atoms with van der Waals surface area (Å²) in [4.78, 5) is 7.96. The number of imidazole rings is 1. The van der Waals surface area contributed by atoms with Crippen LogP contribution >= 0.6 is 11.8 Å². The molecule has 1 aromatic carbocycles. The molecule has 0 saturated carbocycles. The minimum Gasteiger partial charge on any atom is -0.342 e. The molecule has 1 fully saturated rings. The van der Waals surface area contributed by atoms with Gasteiger partial charge in [0.1, 0.15) is 5.82 Å². The number of aromatic amines is 1. The number of nitrogens with zero attached hydrogens (tertiary/aromatic N) is 2. The van der Waals surface area contributed by atoms with Crippen LogP contribution in [0.1, 0.15) is 24.2 Å². The van der Waals surface area contributed by atoms with Crippen LogP contribution in [0.15, 0.2) is 18.2 Å². The molecule has 1 N–H and O–H groups in total. The summed E-state index contributed by atoms with van der Waals surface area (Å²) < 4.78 is 0. The van der Waals surface area contributed by atoms with E-state index < -0.39 is 0 Å². The van der Waals surface area contributed by atoms with Crippen molar-refractivity contribution >= 4 is 22.8 Å². The summed E-state index contributed by atoms with van der Waals surface area (Å²) in [6.45, 7) is 0. The summed E-state index contributed by atoms with van der Waals surface area (Å²) in [6.07, 6.45) is 3.63. The Bertz CT molecular complexity index is 591. The van der Waals surface area contributed by atoms with Gasteiger partial charge in [-0.05, 0) is 48.5 Å². The van der Waals surface area contributed by atoms with Gasteiger partial charge in [0.15, 0.2) is 0 Å². The van der Waals surface area contributed by atoms with Gasteiger partial charge in [0.25, 0.3) is 0 Å². The number of aromatic nitrogens is 2. The number of thioether (sulfide) groups is 1. The molecular formula is C14H15N3S. The number of fused-ring (bicyclic) bond motifs is 1. The van der Waals surface area contributed by atoms with Crippen molar-refractivity contribution in [1.29, 1.82) is 5.26 Å². The second-order valence-corrected chi connectivity index (χ2v) is 6.01. The number of hydrogen-bond donors (Lipinski definition) is 1. The van der Waals surface area contributed by atoms with E-state index in [1.54, 1.807) is 0 Å². The first-order valence-corrected chi connectivity index (χ1v) is 7.47. The molecule has 0 aliphatic carbocycles. The molecule has 3 nitrogen and oxygen atoms in total. The monoisotopic (exact) mass is 257 g/mol. The molecule has 92 valence electrons. The first-order valence-electron chi connectivity index (χ1n) is 6.31. The largest absolute Gasteiger partial charge is 0.342 e. The Labute approximate surface area is 111 Å². The molecule has 2 aromatic rings. The molecule has 0 spiro atoms. The molecule has 0 amide bonds. The first kappa shape index (κ1) is 11.6. The minimum absolute atomic E-state index is 0.687. The van der Waals surface area contributed by atoms with E-state index in [2.05, 4.69) is 27.8 Å². The van der Waals surface area contributed by atoms with Crippen molar-refractivity contribution in [3.8, 4) is 6.07 Å². The highest BCUT2D eigenvalue weighted by molar-refractivity contribution is 7.99. The van der Waals surface area contributed by atoms with Crippen LogP contribution in [0.25, 0.3) is 11.0 Å². The van der Waals surface area contributed by atoms with Crippen molar-refractivity contribution in [2.75, 3.05) is 11.5 Å². The number of nitrogens with one attached hydrogen (secondary N) is 1. The van der Waals surface area contributed by atoms with Crippen molar-refractivity contribution in [2.45, 2.75) is 19.3 Å². The number of H-pyrrole nitrogens is 1. The lowest BCUT2D eigenvalue weighted by atomic mass is 9.99. The Morgan fingerprint density at radius 2 is 2.22 bits per heavy atom. The standard InChI is InChI=1S/C14H15N3S/c15-9-11-1-2-12-13(7-11)17-14(16-12)8-10-3-5-18-6-4-10/h1-2,7,10H,3-6,8H2,(H,16,17). The summed E-state index contributed by atoms with van der Waals surface area (Å²) in [5.41, 5.74) is 2.63. The van der Waals surface area contributed by atoms with Gasteiger partial charge in [0.2, 0.25) is 0 Å². The van der Waals surface area contributed by atoms with E-state index in [4.69, 9.17) is 5.26 Å². The number of hydrogen-bond acceptors (Lipinski definition) is 3. The maximum Gasteiger partial charge on any atom is 0.107 e. The van der Waals surface area contributed by atoms with E-state index in [1.165, 1.54) is 24.3 Å². The molecule has 4 heteroatoms. The molecule has 2 heterocycles. The van der Waals surface area contributed by atoms with Gasteiger partial charge < -0.3 is 4.98 Å². The third-order valence-corrected chi connectivity index (χ3v) is 4.53. The average molecular weight is 257 g/mol. The van der Waals surface area contributed by atoms with E-state index in [-0.39, 0.29) is 0 Å². The zero-order chi connectivity index (χ0) is 12.4. The molecule has 1 saturated heterocycles. The van der Waals surface area contributed by atoms with Gasteiger partial charge in [0, 0.05) is 6.42 Å². The quantitative estimate of drug-likeness (QED) is 0.899. The summed E-state index contributed by atoms with van der Waals surface area (Å²) in [6, 6.07) is 7.78. The lowest BCUT2D eigenvalue weighted by Crippen LogP contribution is -2.12. The van der Waals surface area contributed by atoms with Crippen molar-refractivity contribution < 1.29 is 0 Å². The van der Waals surface area contributed by atoms with E-state index in [1.807, 2.05) is 18.2 Å². The predicted octanol–water partition coefficient (Wildman–Crippen LogP) is 3.12. The third-order valence-electron chi connectivity index (χ3n) is 3.48. The highest BCUT2D eigenvalue weighted by atomic mass is 32.2. The number of benzene rings is 1. The molecule has 0 atom stereocenters. The van der Waals surface area contributed by atoms with Crippen molar-refractivity contribution in [3.63, 3.8) is 0 Å². The van der Waals surface area contributed by atoms with E-state index >= 15 is 0 Å². The van der Waals surface area contributed by atoms with Crippen LogP contribution in [-0.2, 0) is 6.42 Å². The van der Waals surface area contributed by atoms with E-state index in [0.29, 0.717) is 5.56 Å². The Balaban J connectivity index is 1.82. The molecule has 0 radical (unpaired) electrons. The fourth-order valence-electron chi connectivity index (χ4n) is 2.45. The SMILES string of the molecule is N#Cc1ccc2nc(CC3CCSCC3)[nH]c2c1.